The lowest BCUT2D eigenvalue weighted by molar-refractivity contribution is 1.08. The summed E-state index contributed by atoms with van der Waals surface area (Å²) in [5, 5.41) is 5.27. The average Bonchev–Trinajstić information content (AvgIpc) is 4.00. The summed E-state index contributed by atoms with van der Waals surface area (Å²) in [5.74, 6) is 0.851. The maximum atomic E-state index is 5.18. The quantitative estimate of drug-likeness (QED) is 0.178. The molecule has 0 spiro atoms. The molecule has 0 atom stereocenters. The van der Waals surface area contributed by atoms with E-state index in [0.717, 1.165) is 91.7 Å². The van der Waals surface area contributed by atoms with Crippen LogP contribution < -0.4 is 0 Å². The molecule has 5 nitrogen and oxygen atoms in total. The van der Waals surface area contributed by atoms with Crippen molar-refractivity contribution < 1.29 is 0 Å². The van der Waals surface area contributed by atoms with E-state index in [0.29, 0.717) is 0 Å². The van der Waals surface area contributed by atoms with Crippen LogP contribution in [0.1, 0.15) is 0 Å². The van der Waals surface area contributed by atoms with Crippen molar-refractivity contribution in [3.63, 3.8) is 0 Å². The van der Waals surface area contributed by atoms with Crippen molar-refractivity contribution in [1.29, 1.82) is 0 Å². The van der Waals surface area contributed by atoms with E-state index in [2.05, 4.69) is 132 Å². The Balaban J connectivity index is 1.15. The summed E-state index contributed by atoms with van der Waals surface area (Å²) in [4.78, 5) is 20.2. The highest BCUT2D eigenvalue weighted by Crippen LogP contribution is 2.42. The Kier molecular flexibility index (Phi) is 6.70. The minimum absolute atomic E-state index is 0.851. The van der Waals surface area contributed by atoms with Crippen LogP contribution in [0.4, 0.5) is 0 Å². The number of rotatable bonds is 5. The predicted octanol–water partition coefficient (Wildman–Crippen LogP) is 12.7. The fourth-order valence-corrected chi connectivity index (χ4v) is 10.0. The van der Waals surface area contributed by atoms with Gasteiger partial charge in [0.1, 0.15) is 20.8 Å². The Morgan fingerprint density at radius 1 is 0.404 bits per heavy atom. The number of benzene rings is 6. The van der Waals surface area contributed by atoms with Crippen molar-refractivity contribution >= 4 is 86.5 Å². The molecular weight excluding hydrogens is 695 g/mol. The lowest BCUT2D eigenvalue weighted by Crippen LogP contribution is -1.99. The highest BCUT2D eigenvalue weighted by molar-refractivity contribution is 7.22. The van der Waals surface area contributed by atoms with Crippen LogP contribution in [0, 0.1) is 0 Å². The fourth-order valence-electron chi connectivity index (χ4n) is 7.11. The van der Waals surface area contributed by atoms with Gasteiger partial charge in [0.25, 0.3) is 0 Å². The van der Waals surface area contributed by atoms with Crippen molar-refractivity contribution in [2.45, 2.75) is 0 Å². The van der Waals surface area contributed by atoms with Crippen LogP contribution in [-0.4, -0.2) is 24.5 Å². The number of nitrogens with zero attached hydrogens (tertiary/aromatic N) is 5. The predicted molar refractivity (Wildman–Crippen MR) is 220 cm³/mol. The van der Waals surface area contributed by atoms with E-state index in [9.17, 15) is 0 Å². The maximum Gasteiger partial charge on any atom is 0.138 e. The summed E-state index contributed by atoms with van der Waals surface area (Å²) in [6.07, 6.45) is 2.00. The summed E-state index contributed by atoms with van der Waals surface area (Å²) < 4.78 is 5.83. The average molecular weight is 720 g/mol. The Bertz CT molecular complexity index is 2920. The molecule has 244 valence electrons. The summed E-state index contributed by atoms with van der Waals surface area (Å²) in [6, 6.07) is 51.2. The molecule has 5 aromatic heterocycles. The molecule has 52 heavy (non-hydrogen) atoms. The van der Waals surface area contributed by atoms with Crippen LogP contribution >= 0.6 is 34.0 Å². The Labute approximate surface area is 309 Å². The van der Waals surface area contributed by atoms with E-state index in [4.69, 9.17) is 19.9 Å². The first-order valence-corrected chi connectivity index (χ1v) is 19.4. The monoisotopic (exact) mass is 719 g/mol. The zero-order valence-electron chi connectivity index (χ0n) is 27.4. The molecule has 0 radical (unpaired) electrons. The summed E-state index contributed by atoms with van der Waals surface area (Å²) in [7, 11) is 0. The Hall–Kier alpha value is -6.06. The van der Waals surface area contributed by atoms with Crippen LogP contribution in [0.25, 0.3) is 101 Å². The molecule has 0 fully saturated rings. The standard InChI is InChI=1S/C44H25N5S3/c1-2-10-26(11-3-1)29-24-41(45-25-32(29)44-48-35-14-6-9-17-40(35)52-44)49-36-20-18-27(42-46-33-12-4-7-15-38(33)50-42)22-30(36)31-23-28(19-21-37(31)49)43-47-34-13-5-8-16-39(34)51-43/h1-25H. The number of pyridine rings is 1. The summed E-state index contributed by atoms with van der Waals surface area (Å²) in [5.41, 5.74) is 10.6. The number of fused-ring (bicyclic) bond motifs is 6. The van der Waals surface area contributed by atoms with Gasteiger partial charge in [-0.05, 0) is 90.0 Å². The highest BCUT2D eigenvalue weighted by Gasteiger charge is 2.20. The molecule has 11 aromatic rings. The van der Waals surface area contributed by atoms with Crippen LogP contribution in [0.15, 0.2) is 152 Å². The van der Waals surface area contributed by atoms with Crippen molar-refractivity contribution in [3.05, 3.63) is 152 Å². The van der Waals surface area contributed by atoms with Crippen LogP contribution in [0.2, 0.25) is 0 Å². The molecule has 0 aliphatic rings. The Morgan fingerprint density at radius 2 is 0.885 bits per heavy atom. The third-order valence-electron chi connectivity index (χ3n) is 9.57. The zero-order valence-corrected chi connectivity index (χ0v) is 29.8. The van der Waals surface area contributed by atoms with E-state index in [1.807, 2.05) is 24.4 Å². The molecule has 0 N–H and O–H groups in total. The first-order valence-electron chi connectivity index (χ1n) is 17.0. The Morgan fingerprint density at radius 3 is 1.42 bits per heavy atom. The van der Waals surface area contributed by atoms with E-state index in [-0.39, 0.29) is 0 Å². The smallest absolute Gasteiger partial charge is 0.138 e. The molecule has 0 saturated carbocycles. The van der Waals surface area contributed by atoms with E-state index in [1.165, 1.54) is 9.40 Å². The number of hydrogen-bond acceptors (Lipinski definition) is 7. The van der Waals surface area contributed by atoms with Gasteiger partial charge in [-0.2, -0.15) is 0 Å². The summed E-state index contributed by atoms with van der Waals surface area (Å²) in [6.45, 7) is 0. The van der Waals surface area contributed by atoms with Gasteiger partial charge in [0, 0.05) is 33.7 Å². The van der Waals surface area contributed by atoms with Gasteiger partial charge in [-0.25, -0.2) is 19.9 Å². The van der Waals surface area contributed by atoms with Crippen LogP contribution in [0.5, 0.6) is 0 Å². The van der Waals surface area contributed by atoms with Crippen molar-refractivity contribution in [3.8, 4) is 48.7 Å². The molecule has 8 heteroatoms. The number of para-hydroxylation sites is 3. The molecule has 0 unspecified atom stereocenters. The largest absolute Gasteiger partial charge is 0.294 e. The van der Waals surface area contributed by atoms with Gasteiger partial charge in [-0.15, -0.1) is 34.0 Å². The van der Waals surface area contributed by atoms with Gasteiger partial charge >= 0.3 is 0 Å². The second-order valence-electron chi connectivity index (χ2n) is 12.7. The van der Waals surface area contributed by atoms with Crippen molar-refractivity contribution in [1.82, 2.24) is 24.5 Å². The van der Waals surface area contributed by atoms with Crippen molar-refractivity contribution in [2.75, 3.05) is 0 Å². The third kappa shape index (κ3) is 4.80. The molecule has 6 aromatic carbocycles. The SMILES string of the molecule is c1ccc(-c2cc(-n3c4ccc(-c5nc6ccccc6s5)cc4c4cc(-c5nc6ccccc6s5)ccc43)ncc2-c2nc3ccccc3s2)cc1. The van der Waals surface area contributed by atoms with E-state index < -0.39 is 0 Å². The molecule has 11 rings (SSSR count). The first-order chi connectivity index (χ1) is 25.7. The topological polar surface area (TPSA) is 56.5 Å². The van der Waals surface area contributed by atoms with E-state index >= 15 is 0 Å². The van der Waals surface area contributed by atoms with Gasteiger partial charge in [-0.3, -0.25) is 4.57 Å². The lowest BCUT2D eigenvalue weighted by atomic mass is 10.0. The first kappa shape index (κ1) is 29.6. The normalized spacial score (nSPS) is 11.8. The second-order valence-corrected chi connectivity index (χ2v) is 15.8. The second kappa shape index (κ2) is 11.7. The van der Waals surface area contributed by atoms with Gasteiger partial charge in [0.05, 0.1) is 41.7 Å². The molecule has 0 aliphatic carbocycles. The minimum Gasteiger partial charge on any atom is -0.294 e. The maximum absolute atomic E-state index is 5.18. The van der Waals surface area contributed by atoms with Crippen LogP contribution in [0.3, 0.4) is 0 Å². The highest BCUT2D eigenvalue weighted by atomic mass is 32.1. The molecule has 5 heterocycles. The number of hydrogen-bond donors (Lipinski definition) is 0. The van der Waals surface area contributed by atoms with Gasteiger partial charge in [0.2, 0.25) is 0 Å². The van der Waals surface area contributed by atoms with Crippen LogP contribution in [-0.2, 0) is 0 Å². The van der Waals surface area contributed by atoms with Gasteiger partial charge in [-0.1, -0.05) is 66.7 Å². The van der Waals surface area contributed by atoms with Gasteiger partial charge < -0.3 is 0 Å². The zero-order chi connectivity index (χ0) is 34.2. The van der Waals surface area contributed by atoms with E-state index in [1.54, 1.807) is 34.0 Å². The molecule has 0 aliphatic heterocycles. The van der Waals surface area contributed by atoms with Gasteiger partial charge in [0.15, 0.2) is 0 Å². The molecule has 0 bridgehead atoms. The summed E-state index contributed by atoms with van der Waals surface area (Å²) >= 11 is 5.16. The minimum atomic E-state index is 0.851. The number of aromatic nitrogens is 5. The number of thiazole rings is 3. The molecule has 0 saturated heterocycles. The fraction of sp³-hybridized carbons (Fsp3) is 0. The molecule has 0 amide bonds. The lowest BCUT2D eigenvalue weighted by Gasteiger charge is -2.13. The van der Waals surface area contributed by atoms with Crippen molar-refractivity contribution in [2.24, 2.45) is 0 Å². The molecular formula is C44H25N5S3. The third-order valence-corrected chi connectivity index (χ3v) is 12.8.